The van der Waals surface area contributed by atoms with E-state index in [-0.39, 0.29) is 0 Å². The maximum Gasteiger partial charge on any atom is 0.281 e. The van der Waals surface area contributed by atoms with Crippen molar-refractivity contribution >= 4 is 27.4 Å². The Bertz CT molecular complexity index is 299. The zero-order valence-electron chi connectivity index (χ0n) is 9.43. The topological polar surface area (TPSA) is 66.6 Å². The summed E-state index contributed by atoms with van der Waals surface area (Å²) < 4.78 is 26.4. The first-order chi connectivity index (χ1) is 6.86. The number of hydrogen-bond acceptors (Lipinski definition) is 3. The van der Waals surface area contributed by atoms with Crippen LogP contribution in [0.1, 0.15) is 20.3 Å². The Balaban J connectivity index is 4.50. The summed E-state index contributed by atoms with van der Waals surface area (Å²) in [5.41, 5.74) is 5.32. The van der Waals surface area contributed by atoms with E-state index < -0.39 is 10.2 Å². The van der Waals surface area contributed by atoms with Crippen LogP contribution in [0.25, 0.3) is 0 Å². The molecule has 0 unspecified atom stereocenters. The lowest BCUT2D eigenvalue weighted by atomic mass is 10.4. The van der Waals surface area contributed by atoms with Crippen molar-refractivity contribution < 1.29 is 8.42 Å². The van der Waals surface area contributed by atoms with Crippen LogP contribution < -0.4 is 5.73 Å². The summed E-state index contributed by atoms with van der Waals surface area (Å²) in [5.74, 6) is 0. The van der Waals surface area contributed by atoms with Gasteiger partial charge in [0.05, 0.1) is 4.99 Å². The lowest BCUT2D eigenvalue weighted by Gasteiger charge is -2.25. The van der Waals surface area contributed by atoms with Crippen molar-refractivity contribution in [1.29, 1.82) is 0 Å². The van der Waals surface area contributed by atoms with Gasteiger partial charge < -0.3 is 5.73 Å². The van der Waals surface area contributed by atoms with Crippen LogP contribution in [0.3, 0.4) is 0 Å². The number of nitrogens with zero attached hydrogens (tertiary/aromatic N) is 2. The molecule has 0 fully saturated rings. The van der Waals surface area contributed by atoms with Crippen LogP contribution in [0, 0.1) is 0 Å². The largest absolute Gasteiger partial charge is 0.393 e. The zero-order chi connectivity index (χ0) is 12.1. The Kier molecular flexibility index (Phi) is 6.26. The van der Waals surface area contributed by atoms with Gasteiger partial charge in [-0.25, -0.2) is 0 Å². The van der Waals surface area contributed by atoms with Gasteiger partial charge in [0.2, 0.25) is 0 Å². The zero-order valence-corrected chi connectivity index (χ0v) is 11.1. The molecular formula is C8H19N3O2S2. The minimum atomic E-state index is -3.35. The summed E-state index contributed by atoms with van der Waals surface area (Å²) in [6, 6.07) is 0. The standard InChI is InChI=1S/C8H19N3O2S2/c1-4-11(5-2)15(12,13)10(3)7-6-8(9)14/h4-7H2,1-3H3,(H2,9,14). The average Bonchev–Trinajstić information content (AvgIpc) is 2.15. The quantitative estimate of drug-likeness (QED) is 0.657. The molecular weight excluding hydrogens is 234 g/mol. The fraction of sp³-hybridized carbons (Fsp3) is 0.875. The van der Waals surface area contributed by atoms with Crippen LogP contribution >= 0.6 is 12.2 Å². The average molecular weight is 253 g/mol. The molecule has 0 rings (SSSR count). The second kappa shape index (κ2) is 6.37. The molecule has 0 aromatic carbocycles. The van der Waals surface area contributed by atoms with Crippen LogP contribution in [0.2, 0.25) is 0 Å². The van der Waals surface area contributed by atoms with E-state index in [9.17, 15) is 8.42 Å². The smallest absolute Gasteiger partial charge is 0.281 e. The number of hydrogen-bond donors (Lipinski definition) is 1. The van der Waals surface area contributed by atoms with Gasteiger partial charge in [-0.3, -0.25) is 0 Å². The molecule has 0 aliphatic carbocycles. The molecule has 0 atom stereocenters. The van der Waals surface area contributed by atoms with Crippen LogP contribution in [0.15, 0.2) is 0 Å². The second-order valence-electron chi connectivity index (χ2n) is 3.13. The van der Waals surface area contributed by atoms with Crippen molar-refractivity contribution in [2.24, 2.45) is 5.73 Å². The molecule has 0 saturated heterocycles. The van der Waals surface area contributed by atoms with E-state index in [0.717, 1.165) is 0 Å². The van der Waals surface area contributed by atoms with Crippen molar-refractivity contribution in [3.8, 4) is 0 Å². The second-order valence-corrected chi connectivity index (χ2v) is 5.69. The van der Waals surface area contributed by atoms with Crippen molar-refractivity contribution in [1.82, 2.24) is 8.61 Å². The third-order valence-electron chi connectivity index (χ3n) is 2.10. The van der Waals surface area contributed by atoms with Gasteiger partial charge in [-0.15, -0.1) is 0 Å². The lowest BCUT2D eigenvalue weighted by molar-refractivity contribution is 0.381. The molecule has 0 aliphatic heterocycles. The Morgan fingerprint density at radius 1 is 1.33 bits per heavy atom. The Morgan fingerprint density at radius 3 is 2.13 bits per heavy atom. The third kappa shape index (κ3) is 4.42. The molecule has 0 aliphatic rings. The predicted molar refractivity (Wildman–Crippen MR) is 65.9 cm³/mol. The van der Waals surface area contributed by atoms with Gasteiger partial charge in [0.1, 0.15) is 0 Å². The molecule has 7 heteroatoms. The summed E-state index contributed by atoms with van der Waals surface area (Å²) in [6.45, 7) is 4.88. The summed E-state index contributed by atoms with van der Waals surface area (Å²) in [5, 5.41) is 0. The van der Waals surface area contributed by atoms with Crippen molar-refractivity contribution in [3.05, 3.63) is 0 Å². The summed E-state index contributed by atoms with van der Waals surface area (Å²) >= 11 is 4.70. The van der Waals surface area contributed by atoms with Crippen LogP contribution in [-0.4, -0.2) is 48.7 Å². The number of rotatable bonds is 7. The first-order valence-electron chi connectivity index (χ1n) is 4.85. The molecule has 0 heterocycles. The van der Waals surface area contributed by atoms with E-state index in [1.54, 1.807) is 0 Å². The summed E-state index contributed by atoms with van der Waals surface area (Å²) in [7, 11) is -1.81. The Hall–Kier alpha value is -0.240. The highest BCUT2D eigenvalue weighted by Gasteiger charge is 2.23. The predicted octanol–water partition coefficient (Wildman–Crippen LogP) is 0.181. The van der Waals surface area contributed by atoms with Gasteiger partial charge in [-0.05, 0) is 0 Å². The van der Waals surface area contributed by atoms with E-state index in [1.165, 1.54) is 15.7 Å². The van der Waals surface area contributed by atoms with E-state index in [1.807, 2.05) is 13.8 Å². The minimum absolute atomic E-state index is 0.328. The lowest BCUT2D eigenvalue weighted by Crippen LogP contribution is -2.42. The molecule has 0 amide bonds. The Labute approximate surface area is 97.4 Å². The van der Waals surface area contributed by atoms with Gasteiger partial charge >= 0.3 is 0 Å². The van der Waals surface area contributed by atoms with Gasteiger partial charge in [-0.1, -0.05) is 26.1 Å². The fourth-order valence-electron chi connectivity index (χ4n) is 1.13. The van der Waals surface area contributed by atoms with E-state index >= 15 is 0 Å². The van der Waals surface area contributed by atoms with Crippen molar-refractivity contribution in [2.45, 2.75) is 20.3 Å². The van der Waals surface area contributed by atoms with Crippen molar-refractivity contribution in [3.63, 3.8) is 0 Å². The fourth-order valence-corrected chi connectivity index (χ4v) is 2.59. The highest BCUT2D eigenvalue weighted by atomic mass is 32.2. The molecule has 5 nitrogen and oxygen atoms in total. The molecule has 0 bridgehead atoms. The molecule has 90 valence electrons. The maximum atomic E-state index is 11.9. The highest BCUT2D eigenvalue weighted by Crippen LogP contribution is 2.06. The van der Waals surface area contributed by atoms with Crippen LogP contribution in [0.5, 0.6) is 0 Å². The molecule has 0 saturated carbocycles. The number of thiocarbonyl (C=S) groups is 1. The first kappa shape index (κ1) is 14.8. The molecule has 0 spiro atoms. The van der Waals surface area contributed by atoms with Crippen molar-refractivity contribution in [2.75, 3.05) is 26.7 Å². The van der Waals surface area contributed by atoms with E-state index in [4.69, 9.17) is 18.0 Å². The van der Waals surface area contributed by atoms with Gasteiger partial charge in [-0.2, -0.15) is 17.0 Å². The van der Waals surface area contributed by atoms with E-state index in [2.05, 4.69) is 0 Å². The van der Waals surface area contributed by atoms with Crippen LogP contribution in [-0.2, 0) is 10.2 Å². The van der Waals surface area contributed by atoms with Gasteiger partial charge in [0.25, 0.3) is 10.2 Å². The molecule has 0 aromatic heterocycles. The molecule has 2 N–H and O–H groups in total. The molecule has 15 heavy (non-hydrogen) atoms. The SMILES string of the molecule is CCN(CC)S(=O)(=O)N(C)CCC(N)=S. The molecule has 0 radical (unpaired) electrons. The third-order valence-corrected chi connectivity index (χ3v) is 4.44. The van der Waals surface area contributed by atoms with Gasteiger partial charge in [0.15, 0.2) is 0 Å². The molecule has 0 aromatic rings. The first-order valence-corrected chi connectivity index (χ1v) is 6.66. The van der Waals surface area contributed by atoms with Crippen LogP contribution in [0.4, 0.5) is 0 Å². The van der Waals surface area contributed by atoms with Gasteiger partial charge in [0, 0.05) is 33.1 Å². The number of nitrogens with two attached hydrogens (primary N) is 1. The summed E-state index contributed by atoms with van der Waals surface area (Å²) in [4.78, 5) is 0.330. The normalized spacial score (nSPS) is 12.3. The van der Waals surface area contributed by atoms with E-state index in [0.29, 0.717) is 31.0 Å². The summed E-state index contributed by atoms with van der Waals surface area (Å²) in [6.07, 6.45) is 0.409. The maximum absolute atomic E-state index is 11.9. The monoisotopic (exact) mass is 253 g/mol. The Morgan fingerprint density at radius 2 is 1.80 bits per heavy atom. The minimum Gasteiger partial charge on any atom is -0.393 e. The highest BCUT2D eigenvalue weighted by molar-refractivity contribution is 7.86.